The Labute approximate surface area is 126 Å². The average Bonchev–Trinajstić information content (AvgIpc) is 2.57. The zero-order valence-electron chi connectivity index (χ0n) is 11.8. The molecule has 0 spiro atoms. The minimum Gasteiger partial charge on any atom is -0.481 e. The highest BCUT2D eigenvalue weighted by Gasteiger charge is 2.17. The van der Waals surface area contributed by atoms with E-state index in [0.29, 0.717) is 5.88 Å². The largest absolute Gasteiger partial charge is 0.481 e. The molecule has 3 aromatic rings. The first kappa shape index (κ1) is 13.8. The van der Waals surface area contributed by atoms with Gasteiger partial charge in [0, 0.05) is 14.0 Å². The molecule has 0 radical (unpaired) electrons. The fraction of sp³-hybridized carbons (Fsp3) is 0.0556. The number of rotatable bonds is 4. The minimum absolute atomic E-state index is 0.659. The molecule has 2 nitrogen and oxygen atoms in total. The van der Waals surface area contributed by atoms with Gasteiger partial charge in [-0.3, -0.25) is 0 Å². The number of aromatic nitrogens is 1. The van der Waals surface area contributed by atoms with Gasteiger partial charge in [-0.05, 0) is 16.7 Å². The number of hydrogen-bond donors (Lipinski definition) is 0. The van der Waals surface area contributed by atoms with Gasteiger partial charge in [-0.25, -0.2) is 4.98 Å². The van der Waals surface area contributed by atoms with E-state index in [2.05, 4.69) is 59.6 Å². The van der Waals surface area contributed by atoms with Crippen molar-refractivity contribution in [2.24, 2.45) is 0 Å². The van der Waals surface area contributed by atoms with Crippen LogP contribution in [-0.4, -0.2) is 12.1 Å². The zero-order valence-corrected chi connectivity index (χ0v) is 12.7. The second kappa shape index (κ2) is 6.51. The van der Waals surface area contributed by atoms with Crippen molar-refractivity contribution in [3.05, 3.63) is 78.9 Å². The molecule has 104 valence electrons. The number of ether oxygens (including phenoxy) is 1. The number of methoxy groups -OCH3 is 1. The lowest BCUT2D eigenvalue weighted by molar-refractivity contribution is 0.399. The van der Waals surface area contributed by atoms with E-state index in [0.717, 1.165) is 5.44 Å². The van der Waals surface area contributed by atoms with Crippen molar-refractivity contribution in [1.82, 2.24) is 4.98 Å². The summed E-state index contributed by atoms with van der Waals surface area (Å²) in [5.41, 5.74) is 1.06. The molecule has 0 saturated carbocycles. The summed E-state index contributed by atoms with van der Waals surface area (Å²) in [6, 6.07) is 27.0. The van der Waals surface area contributed by atoms with Crippen molar-refractivity contribution >= 4 is 24.0 Å². The van der Waals surface area contributed by atoms with E-state index in [1.54, 1.807) is 7.11 Å². The predicted molar refractivity (Wildman–Crippen MR) is 89.5 cm³/mol. The van der Waals surface area contributed by atoms with E-state index in [-0.39, 0.29) is 0 Å². The summed E-state index contributed by atoms with van der Waals surface area (Å²) in [6.07, 6.45) is 0. The van der Waals surface area contributed by atoms with Crippen molar-refractivity contribution in [2.75, 3.05) is 7.11 Å². The van der Waals surface area contributed by atoms with E-state index in [9.17, 15) is 0 Å². The molecule has 1 aromatic heterocycles. The Kier molecular flexibility index (Phi) is 4.28. The molecule has 1 heterocycles. The summed E-state index contributed by atoms with van der Waals surface area (Å²) in [5.74, 6) is 0.659. The Morgan fingerprint density at radius 2 is 1.29 bits per heavy atom. The second-order valence-corrected chi connectivity index (χ2v) is 6.71. The molecule has 0 saturated heterocycles. The first-order valence-electron chi connectivity index (χ1n) is 6.80. The Bertz CT molecular complexity index is 661. The zero-order chi connectivity index (χ0) is 14.5. The Balaban J connectivity index is 2.12. The van der Waals surface area contributed by atoms with Gasteiger partial charge in [-0.1, -0.05) is 66.7 Å². The van der Waals surface area contributed by atoms with Crippen molar-refractivity contribution in [3.63, 3.8) is 0 Å². The van der Waals surface area contributed by atoms with Gasteiger partial charge in [0.2, 0.25) is 5.88 Å². The van der Waals surface area contributed by atoms with Gasteiger partial charge in [0.15, 0.2) is 0 Å². The van der Waals surface area contributed by atoms with Gasteiger partial charge in [0.25, 0.3) is 0 Å². The number of pyridine rings is 1. The average molecular weight is 293 g/mol. The fourth-order valence-electron chi connectivity index (χ4n) is 2.21. The fourth-order valence-corrected chi connectivity index (χ4v) is 4.41. The molecular weight excluding hydrogens is 277 g/mol. The SMILES string of the molecule is COc1cccc(P(c2ccccc2)c2ccccc2)n1. The van der Waals surface area contributed by atoms with Crippen LogP contribution in [0.15, 0.2) is 78.9 Å². The van der Waals surface area contributed by atoms with E-state index >= 15 is 0 Å². The van der Waals surface area contributed by atoms with Crippen LogP contribution in [0.2, 0.25) is 0 Å². The topological polar surface area (TPSA) is 22.1 Å². The van der Waals surface area contributed by atoms with Crippen LogP contribution in [0.5, 0.6) is 5.88 Å². The van der Waals surface area contributed by atoms with Crippen LogP contribution in [-0.2, 0) is 0 Å². The van der Waals surface area contributed by atoms with E-state index in [4.69, 9.17) is 4.74 Å². The van der Waals surface area contributed by atoms with Crippen LogP contribution in [0.4, 0.5) is 0 Å². The molecule has 21 heavy (non-hydrogen) atoms. The molecule has 3 heteroatoms. The molecule has 3 rings (SSSR count). The van der Waals surface area contributed by atoms with Gasteiger partial charge in [0.1, 0.15) is 0 Å². The summed E-state index contributed by atoms with van der Waals surface area (Å²) in [4.78, 5) is 4.65. The number of hydrogen-bond acceptors (Lipinski definition) is 2. The molecule has 0 bridgehead atoms. The van der Waals surface area contributed by atoms with E-state index < -0.39 is 7.92 Å². The monoisotopic (exact) mass is 293 g/mol. The maximum absolute atomic E-state index is 5.28. The molecule has 0 amide bonds. The van der Waals surface area contributed by atoms with E-state index in [1.165, 1.54) is 10.6 Å². The standard InChI is InChI=1S/C18H16NOP/c1-20-17-13-8-14-18(19-17)21(15-9-4-2-5-10-15)16-11-6-3-7-12-16/h2-14H,1H3. The minimum atomic E-state index is -0.659. The highest BCUT2D eigenvalue weighted by atomic mass is 31.1. The van der Waals surface area contributed by atoms with Crippen molar-refractivity contribution in [1.29, 1.82) is 0 Å². The maximum Gasteiger partial charge on any atom is 0.213 e. The molecule has 0 aliphatic heterocycles. The van der Waals surface area contributed by atoms with Crippen molar-refractivity contribution < 1.29 is 4.74 Å². The van der Waals surface area contributed by atoms with Crippen LogP contribution in [0.1, 0.15) is 0 Å². The second-order valence-electron chi connectivity index (χ2n) is 4.54. The van der Waals surface area contributed by atoms with Crippen molar-refractivity contribution in [2.45, 2.75) is 0 Å². The lowest BCUT2D eigenvalue weighted by Gasteiger charge is -2.18. The van der Waals surface area contributed by atoms with Crippen LogP contribution in [0, 0.1) is 0 Å². The van der Waals surface area contributed by atoms with Gasteiger partial charge in [0.05, 0.1) is 12.5 Å². The number of nitrogens with zero attached hydrogens (tertiary/aromatic N) is 1. The van der Waals surface area contributed by atoms with Crippen LogP contribution in [0.3, 0.4) is 0 Å². The molecule has 0 aliphatic rings. The molecule has 0 fully saturated rings. The molecule has 0 aliphatic carbocycles. The highest BCUT2D eigenvalue weighted by Crippen LogP contribution is 2.32. The van der Waals surface area contributed by atoms with Crippen LogP contribution >= 0.6 is 7.92 Å². The highest BCUT2D eigenvalue weighted by molar-refractivity contribution is 7.79. The Morgan fingerprint density at radius 1 is 0.714 bits per heavy atom. The van der Waals surface area contributed by atoms with Gasteiger partial charge >= 0.3 is 0 Å². The Morgan fingerprint density at radius 3 is 1.81 bits per heavy atom. The third-order valence-electron chi connectivity index (χ3n) is 3.18. The lowest BCUT2D eigenvalue weighted by Crippen LogP contribution is -2.22. The van der Waals surface area contributed by atoms with E-state index in [1.807, 2.05) is 24.3 Å². The van der Waals surface area contributed by atoms with Crippen LogP contribution < -0.4 is 20.8 Å². The van der Waals surface area contributed by atoms with Gasteiger partial charge in [-0.15, -0.1) is 0 Å². The normalized spacial score (nSPS) is 10.6. The van der Waals surface area contributed by atoms with Crippen molar-refractivity contribution in [3.8, 4) is 5.88 Å². The first-order chi connectivity index (χ1) is 10.4. The summed E-state index contributed by atoms with van der Waals surface area (Å²) < 4.78 is 5.28. The summed E-state index contributed by atoms with van der Waals surface area (Å²) >= 11 is 0. The number of benzene rings is 2. The third-order valence-corrected chi connectivity index (χ3v) is 5.51. The quantitative estimate of drug-likeness (QED) is 0.690. The lowest BCUT2D eigenvalue weighted by atomic mass is 10.4. The molecule has 0 N–H and O–H groups in total. The van der Waals surface area contributed by atoms with Crippen LogP contribution in [0.25, 0.3) is 0 Å². The maximum atomic E-state index is 5.28. The third kappa shape index (κ3) is 3.12. The Hall–Kier alpha value is -2.18. The smallest absolute Gasteiger partial charge is 0.213 e. The summed E-state index contributed by atoms with van der Waals surface area (Å²) in [6.45, 7) is 0. The van der Waals surface area contributed by atoms with Gasteiger partial charge < -0.3 is 4.74 Å². The first-order valence-corrected chi connectivity index (χ1v) is 8.14. The van der Waals surface area contributed by atoms with Gasteiger partial charge in [-0.2, -0.15) is 0 Å². The molecular formula is C18H16NOP. The molecule has 0 unspecified atom stereocenters. The molecule has 2 aromatic carbocycles. The summed E-state index contributed by atoms with van der Waals surface area (Å²) in [5, 5.41) is 2.58. The summed E-state index contributed by atoms with van der Waals surface area (Å²) in [7, 11) is 0.993. The predicted octanol–water partition coefficient (Wildman–Crippen LogP) is 2.85. The molecule has 0 atom stereocenters.